The number of carbonyl (C=O) groups is 1. The minimum absolute atomic E-state index is 0.0957. The van der Waals surface area contributed by atoms with Crippen molar-refractivity contribution in [3.8, 4) is 0 Å². The highest BCUT2D eigenvalue weighted by Gasteiger charge is 2.25. The molecule has 0 spiro atoms. The van der Waals surface area contributed by atoms with E-state index in [0.717, 1.165) is 57.8 Å². The van der Waals surface area contributed by atoms with E-state index in [1.807, 2.05) is 0 Å². The molecule has 66 heavy (non-hydrogen) atoms. The third kappa shape index (κ3) is 53.4. The van der Waals surface area contributed by atoms with Crippen molar-refractivity contribution in [3.63, 3.8) is 0 Å². The van der Waals surface area contributed by atoms with Crippen LogP contribution in [-0.4, -0.2) is 49.9 Å². The molecule has 0 aromatic rings. The van der Waals surface area contributed by atoms with Crippen LogP contribution in [0.15, 0.2) is 48.6 Å². The minimum Gasteiger partial charge on any atom is -0.457 e. The molecule has 0 fully saturated rings. The van der Waals surface area contributed by atoms with Gasteiger partial charge in [-0.25, -0.2) is 4.57 Å². The van der Waals surface area contributed by atoms with Gasteiger partial charge in [0.2, 0.25) is 0 Å². The number of ether oxygens (including phenoxy) is 2. The molecular formula is C57H108NO7P. The fraction of sp³-hybridized carbons (Fsp3) is 0.842. The summed E-state index contributed by atoms with van der Waals surface area (Å²) in [4.78, 5) is 22.7. The molecule has 2 unspecified atom stereocenters. The summed E-state index contributed by atoms with van der Waals surface area (Å²) in [6.45, 7) is 4.86. The second kappa shape index (κ2) is 54.4. The van der Waals surface area contributed by atoms with Crippen molar-refractivity contribution < 1.29 is 32.8 Å². The van der Waals surface area contributed by atoms with Crippen LogP contribution in [0.3, 0.4) is 0 Å². The van der Waals surface area contributed by atoms with Crippen LogP contribution in [0, 0.1) is 0 Å². The van der Waals surface area contributed by atoms with Crippen LogP contribution in [0.5, 0.6) is 0 Å². The first-order chi connectivity index (χ1) is 32.4. The molecule has 0 saturated heterocycles. The van der Waals surface area contributed by atoms with Crippen molar-refractivity contribution in [2.24, 2.45) is 5.73 Å². The lowest BCUT2D eigenvalue weighted by Gasteiger charge is -2.20. The van der Waals surface area contributed by atoms with E-state index in [2.05, 4.69) is 62.5 Å². The van der Waals surface area contributed by atoms with E-state index in [1.165, 1.54) is 193 Å². The molecule has 0 rings (SSSR count). The Labute approximate surface area is 409 Å². The standard InChI is InChI=1S/C57H108NO7P/c1-3-5-7-9-11-13-15-17-19-21-23-25-27-29-31-33-35-37-39-41-43-45-47-49-52-62-54-56(55-64-66(60,61)63-53-51-58)65-57(59)50-48-46-44-42-40-38-36-34-32-30-28-26-24-22-20-18-16-14-12-10-8-6-4-2/h6,8,12,14,18,20,24,26,56H,3-5,7,9-11,13,15-17,19,21-23,25,27-55,58H2,1-2H3,(H,60,61)/b8-6-,14-12-,20-18-,26-24-. The maximum Gasteiger partial charge on any atom is 0.472 e. The van der Waals surface area contributed by atoms with Gasteiger partial charge in [-0.15, -0.1) is 0 Å². The summed E-state index contributed by atoms with van der Waals surface area (Å²) in [7, 11) is -4.29. The van der Waals surface area contributed by atoms with Gasteiger partial charge >= 0.3 is 13.8 Å². The lowest BCUT2D eigenvalue weighted by molar-refractivity contribution is -0.154. The van der Waals surface area contributed by atoms with Gasteiger partial charge in [-0.05, 0) is 51.4 Å². The molecule has 0 bridgehead atoms. The molecule has 0 aliphatic heterocycles. The van der Waals surface area contributed by atoms with Gasteiger partial charge in [0.05, 0.1) is 19.8 Å². The van der Waals surface area contributed by atoms with E-state index in [1.54, 1.807) is 0 Å². The highest BCUT2D eigenvalue weighted by molar-refractivity contribution is 7.47. The van der Waals surface area contributed by atoms with Crippen LogP contribution in [0.4, 0.5) is 0 Å². The van der Waals surface area contributed by atoms with Gasteiger partial charge in [0.1, 0.15) is 6.10 Å². The first-order valence-electron chi connectivity index (χ1n) is 28.1. The van der Waals surface area contributed by atoms with Gasteiger partial charge in [0.15, 0.2) is 0 Å². The van der Waals surface area contributed by atoms with Crippen LogP contribution in [0.25, 0.3) is 0 Å². The third-order valence-electron chi connectivity index (χ3n) is 12.3. The molecule has 2 atom stereocenters. The number of phosphoric acid groups is 1. The number of hydrogen-bond donors (Lipinski definition) is 2. The molecule has 0 aliphatic rings. The van der Waals surface area contributed by atoms with Crippen LogP contribution >= 0.6 is 7.82 Å². The third-order valence-corrected chi connectivity index (χ3v) is 13.2. The van der Waals surface area contributed by atoms with E-state index in [0.29, 0.717) is 13.0 Å². The summed E-state index contributed by atoms with van der Waals surface area (Å²) >= 11 is 0. The Morgan fingerprint density at radius 1 is 0.470 bits per heavy atom. The van der Waals surface area contributed by atoms with Crippen molar-refractivity contribution in [1.29, 1.82) is 0 Å². The highest BCUT2D eigenvalue weighted by Crippen LogP contribution is 2.43. The van der Waals surface area contributed by atoms with Crippen LogP contribution in [0.2, 0.25) is 0 Å². The lowest BCUT2D eigenvalue weighted by atomic mass is 10.0. The normalized spacial score (nSPS) is 13.6. The Kier molecular flexibility index (Phi) is 53.1. The topological polar surface area (TPSA) is 117 Å². The average molecular weight is 950 g/mol. The summed E-state index contributed by atoms with van der Waals surface area (Å²) in [5.41, 5.74) is 5.40. The summed E-state index contributed by atoms with van der Waals surface area (Å²) in [5.74, 6) is -0.331. The molecule has 0 radical (unpaired) electrons. The number of allylic oxidation sites excluding steroid dienone is 8. The summed E-state index contributed by atoms with van der Waals surface area (Å²) in [6.07, 6.45) is 67.3. The Bertz CT molecular complexity index is 1160. The van der Waals surface area contributed by atoms with Crippen LogP contribution < -0.4 is 5.73 Å². The van der Waals surface area contributed by atoms with Gasteiger partial charge in [-0.1, -0.05) is 262 Å². The van der Waals surface area contributed by atoms with E-state index in [-0.39, 0.29) is 32.3 Å². The Hall–Kier alpha value is -1.54. The van der Waals surface area contributed by atoms with Gasteiger partial charge in [-0.3, -0.25) is 13.8 Å². The first kappa shape index (κ1) is 64.5. The van der Waals surface area contributed by atoms with Crippen molar-refractivity contribution in [3.05, 3.63) is 48.6 Å². The summed E-state index contributed by atoms with van der Waals surface area (Å²) < 4.78 is 33.7. The molecular weight excluding hydrogens is 842 g/mol. The zero-order valence-electron chi connectivity index (χ0n) is 43.4. The second-order valence-electron chi connectivity index (χ2n) is 18.8. The number of nitrogens with two attached hydrogens (primary N) is 1. The molecule has 0 heterocycles. The largest absolute Gasteiger partial charge is 0.472 e. The molecule has 8 nitrogen and oxygen atoms in total. The summed E-state index contributed by atoms with van der Waals surface area (Å²) in [5, 5.41) is 0. The zero-order chi connectivity index (χ0) is 48.0. The molecule has 0 aromatic carbocycles. The zero-order valence-corrected chi connectivity index (χ0v) is 44.3. The van der Waals surface area contributed by atoms with Gasteiger partial charge in [0, 0.05) is 19.6 Å². The number of unbranched alkanes of at least 4 members (excludes halogenated alkanes) is 33. The number of esters is 1. The monoisotopic (exact) mass is 950 g/mol. The predicted octanol–water partition coefficient (Wildman–Crippen LogP) is 17.9. The summed E-state index contributed by atoms with van der Waals surface area (Å²) in [6, 6.07) is 0. The SMILES string of the molecule is CC/C=C\C/C=C\C/C=C\C/C=C\CCCCCCCCCCCCC(=O)OC(COCCCCCCCCCCCCCCCCCCCCCCCCCC)COP(=O)(O)OCCN. The van der Waals surface area contributed by atoms with E-state index in [4.69, 9.17) is 24.3 Å². The maximum atomic E-state index is 12.7. The van der Waals surface area contributed by atoms with Gasteiger partial charge < -0.3 is 20.1 Å². The van der Waals surface area contributed by atoms with Crippen molar-refractivity contribution >= 4 is 13.8 Å². The van der Waals surface area contributed by atoms with Crippen LogP contribution in [0.1, 0.15) is 271 Å². The number of rotatable bonds is 54. The number of hydrogen-bond acceptors (Lipinski definition) is 7. The number of carbonyl (C=O) groups excluding carboxylic acids is 1. The average Bonchev–Trinajstić information content (AvgIpc) is 3.31. The fourth-order valence-corrected chi connectivity index (χ4v) is 8.93. The maximum absolute atomic E-state index is 12.7. The smallest absolute Gasteiger partial charge is 0.457 e. The molecule has 3 N–H and O–H groups in total. The fourth-order valence-electron chi connectivity index (χ4n) is 8.17. The van der Waals surface area contributed by atoms with Gasteiger partial charge in [0.25, 0.3) is 0 Å². The first-order valence-corrected chi connectivity index (χ1v) is 29.6. The molecule has 388 valence electrons. The van der Waals surface area contributed by atoms with E-state index in [9.17, 15) is 14.3 Å². The van der Waals surface area contributed by atoms with E-state index >= 15 is 0 Å². The quantitative estimate of drug-likeness (QED) is 0.0268. The Morgan fingerprint density at radius 2 is 0.848 bits per heavy atom. The molecule has 0 aromatic heterocycles. The highest BCUT2D eigenvalue weighted by atomic mass is 31.2. The van der Waals surface area contributed by atoms with Crippen molar-refractivity contribution in [1.82, 2.24) is 0 Å². The van der Waals surface area contributed by atoms with Crippen molar-refractivity contribution in [2.75, 3.05) is 33.0 Å². The second-order valence-corrected chi connectivity index (χ2v) is 20.2. The minimum atomic E-state index is -4.29. The van der Waals surface area contributed by atoms with Crippen LogP contribution in [-0.2, 0) is 27.9 Å². The molecule has 0 amide bonds. The van der Waals surface area contributed by atoms with Gasteiger partial charge in [-0.2, -0.15) is 0 Å². The van der Waals surface area contributed by atoms with E-state index < -0.39 is 13.9 Å². The Morgan fingerprint density at radius 3 is 1.27 bits per heavy atom. The molecule has 9 heteroatoms. The number of phosphoric ester groups is 1. The Balaban J connectivity index is 3.88. The predicted molar refractivity (Wildman–Crippen MR) is 284 cm³/mol. The molecule has 0 aliphatic carbocycles. The molecule has 0 saturated carbocycles. The lowest BCUT2D eigenvalue weighted by Crippen LogP contribution is -2.28. The van der Waals surface area contributed by atoms with Crippen molar-refractivity contribution in [2.45, 2.75) is 277 Å².